The quantitative estimate of drug-likeness (QED) is 0.113. The zero-order valence-electron chi connectivity index (χ0n) is 27.2. The average Bonchev–Trinajstić information content (AvgIpc) is 3.16. The molecule has 2 N–H and O–H groups in total. The first-order valence-electron chi connectivity index (χ1n) is 15.7. The molecule has 0 aliphatic heterocycles. The van der Waals surface area contributed by atoms with Crippen LogP contribution in [0.5, 0.6) is 11.5 Å². The Kier molecular flexibility index (Phi) is 10.6. The minimum atomic E-state index is -4.37. The number of hydrogen-bond acceptors (Lipinski definition) is 11. The van der Waals surface area contributed by atoms with Crippen molar-refractivity contribution >= 4 is 53.5 Å². The fraction of sp³-hybridized carbons (Fsp3) is 0.0789. The fourth-order valence-corrected chi connectivity index (χ4v) is 6.14. The molecule has 0 aliphatic rings. The molecule has 0 radical (unpaired) electrons. The van der Waals surface area contributed by atoms with Crippen molar-refractivity contribution < 1.29 is 37.5 Å². The summed E-state index contributed by atoms with van der Waals surface area (Å²) in [5.41, 5.74) is 2.67. The number of hydrogen-bond donors (Lipinski definition) is 2. The van der Waals surface area contributed by atoms with Gasteiger partial charge in [0.25, 0.3) is 5.91 Å². The molecule has 6 aromatic rings. The Morgan fingerprint density at radius 2 is 1.22 bits per heavy atom. The van der Waals surface area contributed by atoms with Crippen LogP contribution in [0, 0.1) is 0 Å². The van der Waals surface area contributed by atoms with Crippen LogP contribution in [-0.4, -0.2) is 47.7 Å². The topological polar surface area (TPSA) is 155 Å². The molecule has 0 aliphatic carbocycles. The van der Waals surface area contributed by atoms with E-state index in [0.717, 1.165) is 0 Å². The molecule has 12 nitrogen and oxygen atoms in total. The number of fused-ring (bicyclic) bond motifs is 1. The van der Waals surface area contributed by atoms with Crippen LogP contribution in [0.1, 0.15) is 31.1 Å². The lowest BCUT2D eigenvalue weighted by Crippen LogP contribution is -2.15. The number of ether oxygens (including phenoxy) is 2. The second-order valence-corrected chi connectivity index (χ2v) is 13.0. The Morgan fingerprint density at radius 3 is 1.78 bits per heavy atom. The van der Waals surface area contributed by atoms with E-state index in [1.54, 1.807) is 97.1 Å². The molecule has 0 atom stereocenters. The third-order valence-electron chi connectivity index (χ3n) is 7.45. The fourth-order valence-electron chi connectivity index (χ4n) is 4.89. The molecule has 0 saturated carbocycles. The number of nitrogens with one attached hydrogen (secondary N) is 2. The Bertz CT molecular complexity index is 2150. The van der Waals surface area contributed by atoms with E-state index < -0.39 is 25.7 Å². The number of carbonyl (C=O) groups excluding carboxylic acids is 3. The van der Waals surface area contributed by atoms with Crippen LogP contribution in [-0.2, 0) is 13.6 Å². The van der Waals surface area contributed by atoms with Gasteiger partial charge in [-0.3, -0.25) is 4.79 Å². The van der Waals surface area contributed by atoms with Crippen LogP contribution in [0.15, 0.2) is 134 Å². The van der Waals surface area contributed by atoms with Crippen LogP contribution in [0.4, 0.5) is 17.2 Å². The van der Waals surface area contributed by atoms with Crippen molar-refractivity contribution in [1.29, 1.82) is 0 Å². The van der Waals surface area contributed by atoms with E-state index >= 15 is 0 Å². The summed E-state index contributed by atoms with van der Waals surface area (Å²) in [6.07, 6.45) is 0.944. The van der Waals surface area contributed by atoms with E-state index in [4.69, 9.17) is 18.5 Å². The summed E-state index contributed by atoms with van der Waals surface area (Å²) >= 11 is 0. The molecule has 51 heavy (non-hydrogen) atoms. The molecule has 0 fully saturated rings. The summed E-state index contributed by atoms with van der Waals surface area (Å²) in [5, 5.41) is 6.75. The van der Waals surface area contributed by atoms with Crippen LogP contribution in [0.2, 0.25) is 0 Å². The maximum atomic E-state index is 13.8. The predicted octanol–water partition coefficient (Wildman–Crippen LogP) is 7.92. The van der Waals surface area contributed by atoms with Gasteiger partial charge in [-0.25, -0.2) is 24.1 Å². The molecule has 13 heteroatoms. The normalized spacial score (nSPS) is 10.9. The molecule has 6 rings (SSSR count). The number of nitrogens with zero attached hydrogens (tertiary/aromatic N) is 2. The first kappa shape index (κ1) is 34.3. The Hall–Kier alpha value is -6.52. The monoisotopic (exact) mass is 702 g/mol. The van der Waals surface area contributed by atoms with E-state index in [2.05, 4.69) is 20.6 Å². The Morgan fingerprint density at radius 1 is 0.667 bits per heavy atom. The van der Waals surface area contributed by atoms with Crippen LogP contribution < -0.4 is 20.1 Å². The highest BCUT2D eigenvalue weighted by Crippen LogP contribution is 2.49. The third kappa shape index (κ3) is 8.75. The first-order valence-corrected chi connectivity index (χ1v) is 17.4. The number of benzene rings is 5. The number of rotatable bonds is 13. The molecule has 1 aromatic heterocycles. The van der Waals surface area contributed by atoms with Gasteiger partial charge in [-0.1, -0.05) is 54.6 Å². The Labute approximate surface area is 292 Å². The van der Waals surface area contributed by atoms with Gasteiger partial charge >= 0.3 is 19.5 Å². The van der Waals surface area contributed by atoms with Crippen LogP contribution >= 0.6 is 7.60 Å². The van der Waals surface area contributed by atoms with Gasteiger partial charge in [-0.05, 0) is 66.7 Å². The summed E-state index contributed by atoms with van der Waals surface area (Å²) in [4.78, 5) is 47.0. The molecule has 0 spiro atoms. The lowest BCUT2D eigenvalue weighted by molar-refractivity contribution is 0.0627. The van der Waals surface area contributed by atoms with Crippen molar-refractivity contribution in [1.82, 2.24) is 9.97 Å². The summed E-state index contributed by atoms with van der Waals surface area (Å²) in [6.45, 7) is -0.271. The number of carbonyl (C=O) groups is 3. The van der Waals surface area contributed by atoms with E-state index in [1.165, 1.54) is 37.7 Å². The number of aromatic nitrogens is 2. The van der Waals surface area contributed by atoms with Gasteiger partial charge in [0.2, 0.25) is 0 Å². The standard InChI is InChI=1S/C38H31N4O8P/c1-47-33-23-31-32(39-25-40-35(31)41-29-17-19-30(20-18-29)42-36(43)26-11-5-2-6-12-26)24-34(33)48-21-22-51(46,49-37(44)27-13-7-3-8-14-27)50-38(45)28-15-9-4-10-16-28/h2-20,23-25H,21-22H2,1H3,(H,42,43)(H,39,40,41). The molecule has 0 saturated heterocycles. The molecule has 0 bridgehead atoms. The predicted molar refractivity (Wildman–Crippen MR) is 192 cm³/mol. The van der Waals surface area contributed by atoms with Crippen LogP contribution in [0.25, 0.3) is 10.9 Å². The SMILES string of the molecule is COc1cc2c(Nc3ccc(NC(=O)c4ccccc4)cc3)ncnc2cc1OCCP(=O)(OC(=O)c1ccccc1)OC(=O)c1ccccc1. The lowest BCUT2D eigenvalue weighted by Gasteiger charge is -2.19. The largest absolute Gasteiger partial charge is 0.493 e. The Balaban J connectivity index is 1.16. The van der Waals surface area contributed by atoms with Crippen molar-refractivity contribution in [3.63, 3.8) is 0 Å². The highest BCUT2D eigenvalue weighted by atomic mass is 31.2. The van der Waals surface area contributed by atoms with Crippen molar-refractivity contribution in [2.75, 3.05) is 30.5 Å². The van der Waals surface area contributed by atoms with E-state index in [9.17, 15) is 18.9 Å². The van der Waals surface area contributed by atoms with Crippen molar-refractivity contribution in [2.45, 2.75) is 0 Å². The number of methoxy groups -OCH3 is 1. The molecule has 1 amide bonds. The zero-order valence-corrected chi connectivity index (χ0v) is 28.1. The van der Waals surface area contributed by atoms with E-state index in [-0.39, 0.29) is 29.4 Å². The minimum Gasteiger partial charge on any atom is -0.493 e. The summed E-state index contributed by atoms with van der Waals surface area (Å²) < 4.78 is 36.0. The first-order chi connectivity index (χ1) is 24.8. The second-order valence-electron chi connectivity index (χ2n) is 10.9. The smallest absolute Gasteiger partial charge is 0.438 e. The maximum Gasteiger partial charge on any atom is 0.438 e. The highest BCUT2D eigenvalue weighted by Gasteiger charge is 2.34. The molecule has 1 heterocycles. The summed E-state index contributed by atoms with van der Waals surface area (Å²) in [7, 11) is -2.91. The van der Waals surface area contributed by atoms with E-state index in [0.29, 0.717) is 39.4 Å². The van der Waals surface area contributed by atoms with Gasteiger partial charge < -0.3 is 29.2 Å². The number of amides is 1. The van der Waals surface area contributed by atoms with Gasteiger partial charge in [0.15, 0.2) is 11.5 Å². The minimum absolute atomic E-state index is 0.139. The van der Waals surface area contributed by atoms with Gasteiger partial charge in [-0.2, -0.15) is 0 Å². The van der Waals surface area contributed by atoms with Crippen molar-refractivity contribution in [3.05, 3.63) is 150 Å². The average molecular weight is 703 g/mol. The number of anilines is 3. The van der Waals surface area contributed by atoms with Gasteiger partial charge in [0.1, 0.15) is 24.9 Å². The molecular formula is C38H31N4O8P. The summed E-state index contributed by atoms with van der Waals surface area (Å²) in [5.74, 6) is -0.985. The molecule has 0 unspecified atom stereocenters. The van der Waals surface area contributed by atoms with Gasteiger partial charge in [0.05, 0.1) is 23.8 Å². The lowest BCUT2D eigenvalue weighted by atomic mass is 10.2. The molecule has 5 aromatic carbocycles. The third-order valence-corrected chi connectivity index (χ3v) is 9.07. The molecule has 256 valence electrons. The van der Waals surface area contributed by atoms with E-state index in [1.807, 2.05) is 6.07 Å². The second kappa shape index (κ2) is 15.8. The maximum absolute atomic E-state index is 13.8. The summed E-state index contributed by atoms with van der Waals surface area (Å²) in [6, 6.07) is 35.3. The van der Waals surface area contributed by atoms with Gasteiger partial charge in [0, 0.05) is 28.4 Å². The van der Waals surface area contributed by atoms with Gasteiger partial charge in [-0.15, -0.1) is 0 Å². The highest BCUT2D eigenvalue weighted by molar-refractivity contribution is 7.55. The van der Waals surface area contributed by atoms with Crippen molar-refractivity contribution in [2.24, 2.45) is 0 Å². The van der Waals surface area contributed by atoms with Crippen LogP contribution in [0.3, 0.4) is 0 Å². The zero-order chi connectivity index (χ0) is 35.6. The molecular weight excluding hydrogens is 671 g/mol. The van der Waals surface area contributed by atoms with Crippen molar-refractivity contribution in [3.8, 4) is 11.5 Å².